The normalized spacial score (nSPS) is 35.5. The molecule has 3 unspecified atom stereocenters. The van der Waals surface area contributed by atoms with E-state index in [-0.39, 0.29) is 17.8 Å². The smallest absolute Gasteiger partial charge is 0.308 e. The minimum atomic E-state index is -3.26. The summed E-state index contributed by atoms with van der Waals surface area (Å²) in [6.07, 6.45) is 6.32. The van der Waals surface area contributed by atoms with Gasteiger partial charge in [-0.15, -0.1) is 0 Å². The van der Waals surface area contributed by atoms with Gasteiger partial charge in [0, 0.05) is 12.1 Å². The van der Waals surface area contributed by atoms with Gasteiger partial charge < -0.3 is 5.11 Å². The lowest BCUT2D eigenvalue weighted by atomic mass is 9.84. The third kappa shape index (κ3) is 2.29. The maximum absolute atomic E-state index is 12.4. The molecule has 0 spiro atoms. The lowest BCUT2D eigenvalue weighted by Gasteiger charge is -2.27. The highest BCUT2D eigenvalue weighted by molar-refractivity contribution is 7.89. The molecule has 0 amide bonds. The summed E-state index contributed by atoms with van der Waals surface area (Å²) in [5, 5.41) is 9.16. The lowest BCUT2D eigenvalue weighted by Crippen LogP contribution is -2.39. The number of carboxylic acids is 1. The molecule has 0 aromatic carbocycles. The Morgan fingerprint density at radius 1 is 1.21 bits per heavy atom. The zero-order valence-corrected chi connectivity index (χ0v) is 11.8. The molecule has 0 radical (unpaired) electrons. The van der Waals surface area contributed by atoms with Crippen molar-refractivity contribution in [2.24, 2.45) is 11.8 Å². The van der Waals surface area contributed by atoms with Gasteiger partial charge in [-0.3, -0.25) is 4.79 Å². The van der Waals surface area contributed by atoms with Gasteiger partial charge in [-0.1, -0.05) is 19.3 Å². The van der Waals surface area contributed by atoms with E-state index >= 15 is 0 Å². The van der Waals surface area contributed by atoms with Crippen LogP contribution in [0.15, 0.2) is 0 Å². The zero-order valence-electron chi connectivity index (χ0n) is 11.0. The molecule has 1 N–H and O–H groups in total. The van der Waals surface area contributed by atoms with E-state index in [0.717, 1.165) is 25.7 Å². The van der Waals surface area contributed by atoms with Crippen LogP contribution in [0.2, 0.25) is 0 Å². The molecule has 3 rings (SSSR count). The second-order valence-corrected chi connectivity index (χ2v) is 8.20. The van der Waals surface area contributed by atoms with Crippen molar-refractivity contribution in [3.8, 4) is 0 Å². The van der Waals surface area contributed by atoms with E-state index in [9.17, 15) is 13.2 Å². The molecular formula is C13H21NO4S. The van der Waals surface area contributed by atoms with Crippen LogP contribution >= 0.6 is 0 Å². The Morgan fingerprint density at radius 2 is 1.95 bits per heavy atom. The third-order valence-corrected chi connectivity index (χ3v) is 7.08. The predicted octanol–water partition coefficient (Wildman–Crippen LogP) is 1.44. The van der Waals surface area contributed by atoms with Crippen LogP contribution in [-0.4, -0.2) is 41.6 Å². The molecule has 3 atom stereocenters. The highest BCUT2D eigenvalue weighted by Crippen LogP contribution is 2.44. The Bertz CT molecular complexity index is 471. The molecule has 3 fully saturated rings. The second-order valence-electron chi connectivity index (χ2n) is 6.21. The van der Waals surface area contributed by atoms with Crippen LogP contribution in [0.5, 0.6) is 0 Å². The minimum absolute atomic E-state index is 0.0579. The number of hydrogen-bond donors (Lipinski definition) is 1. The van der Waals surface area contributed by atoms with Gasteiger partial charge in [0.1, 0.15) is 0 Å². The van der Waals surface area contributed by atoms with Crippen molar-refractivity contribution in [3.05, 3.63) is 0 Å². The average Bonchev–Trinajstić information content (AvgIpc) is 2.83. The van der Waals surface area contributed by atoms with Crippen LogP contribution in [0.1, 0.15) is 44.9 Å². The van der Waals surface area contributed by atoms with Gasteiger partial charge in [-0.05, 0) is 31.6 Å². The summed E-state index contributed by atoms with van der Waals surface area (Å²) in [6, 6.07) is -0.341. The molecule has 2 heterocycles. The molecule has 3 aliphatic rings. The molecule has 0 aromatic heterocycles. The van der Waals surface area contributed by atoms with Crippen molar-refractivity contribution in [2.75, 3.05) is 5.75 Å². The number of fused-ring (bicyclic) bond motifs is 2. The van der Waals surface area contributed by atoms with Gasteiger partial charge in [0.2, 0.25) is 10.0 Å². The fourth-order valence-corrected chi connectivity index (χ4v) is 5.99. The summed E-state index contributed by atoms with van der Waals surface area (Å²) in [4.78, 5) is 11.2. The predicted molar refractivity (Wildman–Crippen MR) is 70.1 cm³/mol. The molecule has 1 aliphatic carbocycles. The first-order valence-corrected chi connectivity index (χ1v) is 8.84. The number of nitrogens with zero attached hydrogens (tertiary/aromatic N) is 1. The van der Waals surface area contributed by atoms with Crippen LogP contribution < -0.4 is 0 Å². The highest BCUT2D eigenvalue weighted by Gasteiger charge is 2.53. The summed E-state index contributed by atoms with van der Waals surface area (Å²) in [5.41, 5.74) is 0. The molecule has 19 heavy (non-hydrogen) atoms. The number of sulfonamides is 1. The van der Waals surface area contributed by atoms with Crippen molar-refractivity contribution in [1.29, 1.82) is 0 Å². The Kier molecular flexibility index (Phi) is 3.33. The summed E-state index contributed by atoms with van der Waals surface area (Å²) in [5.74, 6) is -0.550. The van der Waals surface area contributed by atoms with E-state index in [2.05, 4.69) is 0 Å². The van der Waals surface area contributed by atoms with Crippen LogP contribution in [-0.2, 0) is 14.8 Å². The van der Waals surface area contributed by atoms with E-state index in [1.54, 1.807) is 4.31 Å². The Morgan fingerprint density at radius 3 is 2.47 bits per heavy atom. The van der Waals surface area contributed by atoms with Crippen LogP contribution in [0.4, 0.5) is 0 Å². The standard InChI is InChI=1S/C13H21NO4S/c15-13(16)11-8-10-4-5-12(11)14(10)19(17,18)7-6-9-2-1-3-9/h9-12H,1-8H2,(H,15,16). The molecule has 2 aliphatic heterocycles. The molecular weight excluding hydrogens is 266 g/mol. The van der Waals surface area contributed by atoms with E-state index in [1.165, 1.54) is 6.42 Å². The number of carboxylic acid groups (broad SMARTS) is 1. The zero-order chi connectivity index (χ0) is 13.6. The monoisotopic (exact) mass is 287 g/mol. The summed E-state index contributed by atoms with van der Waals surface area (Å²) < 4.78 is 26.4. The van der Waals surface area contributed by atoms with Gasteiger partial charge in [0.25, 0.3) is 0 Å². The van der Waals surface area contributed by atoms with Gasteiger partial charge in [-0.2, -0.15) is 4.31 Å². The van der Waals surface area contributed by atoms with E-state index in [4.69, 9.17) is 5.11 Å². The molecule has 0 aromatic rings. The quantitative estimate of drug-likeness (QED) is 0.830. The van der Waals surface area contributed by atoms with Crippen molar-refractivity contribution in [3.63, 3.8) is 0 Å². The minimum Gasteiger partial charge on any atom is -0.481 e. The van der Waals surface area contributed by atoms with E-state index in [1.807, 2.05) is 0 Å². The molecule has 5 nitrogen and oxygen atoms in total. The first-order chi connectivity index (χ1) is 8.99. The average molecular weight is 287 g/mol. The number of rotatable bonds is 5. The number of carbonyl (C=O) groups is 1. The van der Waals surface area contributed by atoms with Gasteiger partial charge in [0.05, 0.1) is 11.7 Å². The maximum atomic E-state index is 12.4. The molecule has 2 bridgehead atoms. The van der Waals surface area contributed by atoms with Gasteiger partial charge in [-0.25, -0.2) is 8.42 Å². The van der Waals surface area contributed by atoms with Crippen molar-refractivity contribution >= 4 is 16.0 Å². The Labute approximate surface area is 114 Å². The molecule has 2 saturated heterocycles. The van der Waals surface area contributed by atoms with Crippen molar-refractivity contribution in [2.45, 2.75) is 57.0 Å². The highest BCUT2D eigenvalue weighted by atomic mass is 32.2. The third-order valence-electron chi connectivity index (χ3n) is 5.12. The molecule has 108 valence electrons. The largest absolute Gasteiger partial charge is 0.481 e. The summed E-state index contributed by atoms with van der Waals surface area (Å²) in [6.45, 7) is 0. The summed E-state index contributed by atoms with van der Waals surface area (Å²) in [7, 11) is -3.26. The maximum Gasteiger partial charge on any atom is 0.308 e. The SMILES string of the molecule is O=C(O)C1CC2CCC1N2S(=O)(=O)CCC1CCC1. The lowest BCUT2D eigenvalue weighted by molar-refractivity contribution is -0.142. The number of aliphatic carboxylic acids is 1. The molecule has 1 saturated carbocycles. The van der Waals surface area contributed by atoms with E-state index < -0.39 is 21.9 Å². The van der Waals surface area contributed by atoms with Gasteiger partial charge >= 0.3 is 5.97 Å². The topological polar surface area (TPSA) is 74.7 Å². The first kappa shape index (κ1) is 13.4. The second kappa shape index (κ2) is 4.74. The Hall–Kier alpha value is -0.620. The van der Waals surface area contributed by atoms with E-state index in [0.29, 0.717) is 18.8 Å². The summed E-state index contributed by atoms with van der Waals surface area (Å²) >= 11 is 0. The first-order valence-electron chi connectivity index (χ1n) is 7.23. The van der Waals surface area contributed by atoms with Crippen LogP contribution in [0, 0.1) is 11.8 Å². The fourth-order valence-electron chi connectivity index (χ4n) is 3.84. The fraction of sp³-hybridized carbons (Fsp3) is 0.923. The van der Waals surface area contributed by atoms with Crippen molar-refractivity contribution in [1.82, 2.24) is 4.31 Å². The van der Waals surface area contributed by atoms with Crippen LogP contribution in [0.25, 0.3) is 0 Å². The number of hydrogen-bond acceptors (Lipinski definition) is 3. The molecule has 6 heteroatoms. The van der Waals surface area contributed by atoms with Gasteiger partial charge in [0.15, 0.2) is 0 Å². The Balaban J connectivity index is 1.69. The van der Waals surface area contributed by atoms with Crippen molar-refractivity contribution < 1.29 is 18.3 Å². The van der Waals surface area contributed by atoms with Crippen LogP contribution in [0.3, 0.4) is 0 Å².